The van der Waals surface area contributed by atoms with E-state index in [0.717, 1.165) is 19.3 Å². The van der Waals surface area contributed by atoms with Crippen molar-refractivity contribution in [2.45, 2.75) is 65.5 Å². The monoisotopic (exact) mass is 360 g/mol. The Bertz CT molecular complexity index is 388. The molecule has 0 radical (unpaired) electrons. The third kappa shape index (κ3) is 9.52. The van der Waals surface area contributed by atoms with Crippen LogP contribution >= 0.6 is 11.8 Å². The standard InChI is InChI=1S/C18H36N2O3S/c1-8-15(19-16(21)11-24-7)13(2)9-10-14(3)17(22)20-18(4,5)12-23-6/h13-15H,8-12H2,1-7H3,(H,19,21)(H,20,22). The largest absolute Gasteiger partial charge is 0.382 e. The summed E-state index contributed by atoms with van der Waals surface area (Å²) in [4.78, 5) is 24.1. The molecule has 0 heterocycles. The highest BCUT2D eigenvalue weighted by Crippen LogP contribution is 2.18. The molecule has 0 aliphatic carbocycles. The van der Waals surface area contributed by atoms with Crippen LogP contribution in [-0.2, 0) is 14.3 Å². The Morgan fingerprint density at radius 3 is 2.33 bits per heavy atom. The fourth-order valence-electron chi connectivity index (χ4n) is 2.73. The van der Waals surface area contributed by atoms with E-state index in [1.165, 1.54) is 11.8 Å². The molecule has 0 rings (SSSR count). The lowest BCUT2D eigenvalue weighted by Crippen LogP contribution is -2.48. The highest BCUT2D eigenvalue weighted by atomic mass is 32.2. The van der Waals surface area contributed by atoms with Gasteiger partial charge in [0, 0.05) is 19.1 Å². The number of amides is 2. The number of carbonyl (C=O) groups excluding carboxylic acids is 2. The predicted molar refractivity (Wildman–Crippen MR) is 102 cm³/mol. The maximum absolute atomic E-state index is 12.3. The molecule has 0 aromatic rings. The summed E-state index contributed by atoms with van der Waals surface area (Å²) in [6, 6.07) is 0.171. The lowest BCUT2D eigenvalue weighted by molar-refractivity contribution is -0.127. The molecule has 0 saturated carbocycles. The lowest BCUT2D eigenvalue weighted by atomic mass is 9.90. The number of thioether (sulfide) groups is 1. The van der Waals surface area contributed by atoms with Gasteiger partial charge in [0.25, 0.3) is 0 Å². The molecule has 0 saturated heterocycles. The second-order valence-electron chi connectivity index (χ2n) is 7.28. The van der Waals surface area contributed by atoms with Crippen LogP contribution in [0.3, 0.4) is 0 Å². The molecule has 2 N–H and O–H groups in total. The number of methoxy groups -OCH3 is 1. The zero-order valence-corrected chi connectivity index (χ0v) is 17.2. The Labute approximate surface area is 152 Å². The average molecular weight is 361 g/mol. The van der Waals surface area contributed by atoms with Gasteiger partial charge in [-0.05, 0) is 45.3 Å². The minimum Gasteiger partial charge on any atom is -0.382 e. The molecule has 5 nitrogen and oxygen atoms in total. The van der Waals surface area contributed by atoms with Gasteiger partial charge in [-0.3, -0.25) is 9.59 Å². The quantitative estimate of drug-likeness (QED) is 0.562. The van der Waals surface area contributed by atoms with Crippen molar-refractivity contribution < 1.29 is 14.3 Å². The molecule has 0 fully saturated rings. The Morgan fingerprint density at radius 1 is 1.21 bits per heavy atom. The zero-order valence-electron chi connectivity index (χ0n) is 16.4. The summed E-state index contributed by atoms with van der Waals surface area (Å²) >= 11 is 1.53. The van der Waals surface area contributed by atoms with Gasteiger partial charge in [0.1, 0.15) is 0 Å². The fourth-order valence-corrected chi connectivity index (χ4v) is 3.07. The lowest BCUT2D eigenvalue weighted by Gasteiger charge is -2.28. The minimum atomic E-state index is -0.358. The Balaban J connectivity index is 4.38. The highest BCUT2D eigenvalue weighted by Gasteiger charge is 2.25. The number of nitrogens with one attached hydrogen (secondary N) is 2. The van der Waals surface area contributed by atoms with Crippen LogP contribution in [0.4, 0.5) is 0 Å². The van der Waals surface area contributed by atoms with Gasteiger partial charge in [-0.15, -0.1) is 0 Å². The normalized spacial score (nSPS) is 15.5. The molecule has 2 amide bonds. The molecule has 24 heavy (non-hydrogen) atoms. The summed E-state index contributed by atoms with van der Waals surface area (Å²) in [7, 11) is 1.63. The van der Waals surface area contributed by atoms with Gasteiger partial charge in [-0.25, -0.2) is 0 Å². The van der Waals surface area contributed by atoms with Crippen LogP contribution in [-0.4, -0.2) is 49.1 Å². The number of ether oxygens (including phenoxy) is 1. The van der Waals surface area contributed by atoms with E-state index in [-0.39, 0.29) is 29.3 Å². The van der Waals surface area contributed by atoms with E-state index >= 15 is 0 Å². The van der Waals surface area contributed by atoms with Gasteiger partial charge in [-0.2, -0.15) is 11.8 Å². The van der Waals surface area contributed by atoms with Crippen molar-refractivity contribution in [1.29, 1.82) is 0 Å². The van der Waals surface area contributed by atoms with Crippen LogP contribution in [0.15, 0.2) is 0 Å². The van der Waals surface area contributed by atoms with Gasteiger partial charge < -0.3 is 15.4 Å². The maximum Gasteiger partial charge on any atom is 0.230 e. The molecule has 0 aliphatic heterocycles. The van der Waals surface area contributed by atoms with Crippen molar-refractivity contribution in [2.75, 3.05) is 25.7 Å². The molecular formula is C18H36N2O3S. The first-order chi connectivity index (χ1) is 11.2. The Morgan fingerprint density at radius 2 is 1.83 bits per heavy atom. The molecule has 3 atom stereocenters. The fraction of sp³-hybridized carbons (Fsp3) is 0.889. The van der Waals surface area contributed by atoms with E-state index in [1.807, 2.05) is 27.0 Å². The molecule has 3 unspecified atom stereocenters. The molecular weight excluding hydrogens is 324 g/mol. The van der Waals surface area contributed by atoms with Crippen LogP contribution in [0.1, 0.15) is 53.9 Å². The minimum absolute atomic E-state index is 0.0528. The molecule has 0 aromatic heterocycles. The van der Waals surface area contributed by atoms with Gasteiger partial charge in [0.05, 0.1) is 17.9 Å². The second-order valence-corrected chi connectivity index (χ2v) is 8.14. The van der Waals surface area contributed by atoms with Crippen molar-refractivity contribution in [3.05, 3.63) is 0 Å². The van der Waals surface area contributed by atoms with Gasteiger partial charge in [-0.1, -0.05) is 20.8 Å². The first kappa shape index (κ1) is 23.2. The molecule has 0 aliphatic rings. The van der Waals surface area contributed by atoms with Gasteiger partial charge in [0.15, 0.2) is 0 Å². The van der Waals surface area contributed by atoms with Crippen LogP contribution in [0.25, 0.3) is 0 Å². The van der Waals surface area contributed by atoms with Crippen LogP contribution in [0, 0.1) is 11.8 Å². The SMILES string of the molecule is CCC(NC(=O)CSC)C(C)CCC(C)C(=O)NC(C)(C)COC. The van der Waals surface area contributed by atoms with E-state index < -0.39 is 0 Å². The van der Waals surface area contributed by atoms with E-state index in [9.17, 15) is 9.59 Å². The highest BCUT2D eigenvalue weighted by molar-refractivity contribution is 7.99. The van der Waals surface area contributed by atoms with Crippen molar-refractivity contribution in [1.82, 2.24) is 10.6 Å². The number of hydrogen-bond acceptors (Lipinski definition) is 4. The second kappa shape index (κ2) is 11.7. The third-order valence-corrected chi connectivity index (χ3v) is 4.77. The summed E-state index contributed by atoms with van der Waals surface area (Å²) in [5.41, 5.74) is -0.358. The van der Waals surface area contributed by atoms with Crippen molar-refractivity contribution in [3.63, 3.8) is 0 Å². The van der Waals surface area contributed by atoms with Crippen LogP contribution in [0.5, 0.6) is 0 Å². The molecule has 142 valence electrons. The average Bonchev–Trinajstić information content (AvgIpc) is 2.49. The molecule has 0 bridgehead atoms. The molecule has 0 spiro atoms. The van der Waals surface area contributed by atoms with E-state index in [0.29, 0.717) is 18.3 Å². The van der Waals surface area contributed by atoms with Crippen molar-refractivity contribution >= 4 is 23.6 Å². The predicted octanol–water partition coefficient (Wildman–Crippen LogP) is 2.84. The van der Waals surface area contributed by atoms with E-state index in [4.69, 9.17) is 4.74 Å². The number of carbonyl (C=O) groups is 2. The number of hydrogen-bond donors (Lipinski definition) is 2. The van der Waals surface area contributed by atoms with Crippen LogP contribution in [0.2, 0.25) is 0 Å². The summed E-state index contributed by atoms with van der Waals surface area (Å²) in [5.74, 6) is 0.944. The third-order valence-electron chi connectivity index (χ3n) is 4.22. The zero-order chi connectivity index (χ0) is 18.8. The van der Waals surface area contributed by atoms with Gasteiger partial charge in [0.2, 0.25) is 11.8 Å². The van der Waals surface area contributed by atoms with Crippen LogP contribution < -0.4 is 10.6 Å². The Kier molecular flexibility index (Phi) is 11.4. The number of rotatable bonds is 12. The van der Waals surface area contributed by atoms with Crippen molar-refractivity contribution in [3.8, 4) is 0 Å². The molecule has 0 aromatic carbocycles. The summed E-state index contributed by atoms with van der Waals surface area (Å²) in [6.07, 6.45) is 4.56. The Hall–Kier alpha value is -0.750. The molecule has 6 heteroatoms. The first-order valence-corrected chi connectivity index (χ1v) is 10.2. The van der Waals surface area contributed by atoms with E-state index in [1.54, 1.807) is 7.11 Å². The van der Waals surface area contributed by atoms with Crippen molar-refractivity contribution in [2.24, 2.45) is 11.8 Å². The maximum atomic E-state index is 12.3. The first-order valence-electron chi connectivity index (χ1n) is 8.76. The smallest absolute Gasteiger partial charge is 0.230 e. The van der Waals surface area contributed by atoms with Gasteiger partial charge >= 0.3 is 0 Å². The summed E-state index contributed by atoms with van der Waals surface area (Å²) in [6.45, 7) is 10.6. The summed E-state index contributed by atoms with van der Waals surface area (Å²) < 4.78 is 5.13. The topological polar surface area (TPSA) is 67.4 Å². The van der Waals surface area contributed by atoms with E-state index in [2.05, 4.69) is 24.5 Å². The summed E-state index contributed by atoms with van der Waals surface area (Å²) in [5, 5.41) is 6.13.